The summed E-state index contributed by atoms with van der Waals surface area (Å²) in [5, 5.41) is 9.44. The lowest BCUT2D eigenvalue weighted by molar-refractivity contribution is 0.532. The lowest BCUT2D eigenvalue weighted by atomic mass is 10.2. The van der Waals surface area contributed by atoms with E-state index in [1.807, 2.05) is 26.0 Å². The van der Waals surface area contributed by atoms with Gasteiger partial charge in [0, 0.05) is 5.70 Å². The maximum absolute atomic E-state index is 13.0. The molecule has 1 aliphatic heterocycles. The van der Waals surface area contributed by atoms with Gasteiger partial charge in [0.05, 0.1) is 4.90 Å². The molecule has 0 amide bonds. The lowest BCUT2D eigenvalue weighted by Crippen LogP contribution is -2.29. The van der Waals surface area contributed by atoms with Crippen LogP contribution < -0.4 is 0 Å². The van der Waals surface area contributed by atoms with E-state index in [9.17, 15) is 13.7 Å². The number of hydrogen-bond donors (Lipinski definition) is 0. The van der Waals surface area contributed by atoms with Crippen molar-refractivity contribution in [3.63, 3.8) is 0 Å². The fourth-order valence-corrected chi connectivity index (χ4v) is 3.98. The molecule has 0 aliphatic carbocycles. The van der Waals surface area contributed by atoms with Crippen molar-refractivity contribution < 1.29 is 8.42 Å². The third-order valence-corrected chi connectivity index (χ3v) is 5.26. The Labute approximate surface area is 131 Å². The number of benzene rings is 1. The summed E-state index contributed by atoms with van der Waals surface area (Å²) in [6.07, 6.45) is 3.58. The second kappa shape index (κ2) is 5.82. The molecule has 1 aliphatic rings. The minimum absolute atomic E-state index is 0.131. The monoisotopic (exact) mass is 314 g/mol. The Morgan fingerprint density at radius 3 is 2.14 bits per heavy atom. The number of aryl methyl sites for hydroxylation is 1. The minimum atomic E-state index is -3.82. The van der Waals surface area contributed by atoms with Crippen molar-refractivity contribution in [3.8, 4) is 6.07 Å². The first kappa shape index (κ1) is 16.1. The Morgan fingerprint density at radius 2 is 1.59 bits per heavy atom. The predicted molar refractivity (Wildman–Crippen MR) is 86.0 cm³/mol. The van der Waals surface area contributed by atoms with Crippen LogP contribution in [0.25, 0.3) is 0 Å². The van der Waals surface area contributed by atoms with Crippen LogP contribution in [0.5, 0.6) is 0 Å². The molecule has 2 rings (SSSR count). The highest BCUT2D eigenvalue weighted by Gasteiger charge is 2.30. The lowest BCUT2D eigenvalue weighted by Gasteiger charge is -2.24. The third-order valence-electron chi connectivity index (χ3n) is 3.44. The molecule has 0 spiro atoms. The fraction of sp³-hybridized carbons (Fsp3) is 0.235. The zero-order valence-corrected chi connectivity index (χ0v) is 13.9. The smallest absolute Gasteiger partial charge is 0.228 e. The molecule has 22 heavy (non-hydrogen) atoms. The zero-order valence-electron chi connectivity index (χ0n) is 13.1. The summed E-state index contributed by atoms with van der Waals surface area (Å²) in [6, 6.07) is 8.64. The SMILES string of the molecule is CC1=CC(C)=C(C#N)N(S(=O)(=O)c2ccc(C)cc2)C(C)=C1. The summed E-state index contributed by atoms with van der Waals surface area (Å²) < 4.78 is 27.0. The number of nitrogens with zero attached hydrogens (tertiary/aromatic N) is 2. The predicted octanol–water partition coefficient (Wildman–Crippen LogP) is 3.65. The van der Waals surface area contributed by atoms with Crippen LogP contribution in [-0.4, -0.2) is 12.7 Å². The topological polar surface area (TPSA) is 61.2 Å². The molecule has 1 aromatic carbocycles. The van der Waals surface area contributed by atoms with Crippen LogP contribution in [0.1, 0.15) is 26.3 Å². The average molecular weight is 314 g/mol. The van der Waals surface area contributed by atoms with E-state index in [1.165, 1.54) is 0 Å². The van der Waals surface area contributed by atoms with E-state index in [1.54, 1.807) is 44.2 Å². The molecule has 0 N–H and O–H groups in total. The summed E-state index contributed by atoms with van der Waals surface area (Å²) in [4.78, 5) is 0.172. The van der Waals surface area contributed by atoms with Gasteiger partial charge < -0.3 is 0 Å². The van der Waals surface area contributed by atoms with Gasteiger partial charge in [-0.3, -0.25) is 0 Å². The molecule has 0 saturated heterocycles. The summed E-state index contributed by atoms with van der Waals surface area (Å²) in [5.41, 5.74) is 3.15. The summed E-state index contributed by atoms with van der Waals surface area (Å²) in [5.74, 6) is 0. The molecule has 0 saturated carbocycles. The highest BCUT2D eigenvalue weighted by Crippen LogP contribution is 2.30. The largest absolute Gasteiger partial charge is 0.268 e. The molecule has 1 heterocycles. The standard InChI is InChI=1S/C17H18N2O2S/c1-12-5-7-16(8-6-12)22(20,21)19-15(4)10-13(2)9-14(3)17(19)11-18/h5-10H,1-4H3. The molecule has 0 radical (unpaired) electrons. The number of rotatable bonds is 2. The molecular formula is C17H18N2O2S. The highest BCUT2D eigenvalue weighted by atomic mass is 32.2. The van der Waals surface area contributed by atoms with Gasteiger partial charge in [0.1, 0.15) is 11.8 Å². The van der Waals surface area contributed by atoms with E-state index in [0.717, 1.165) is 15.4 Å². The molecule has 0 bridgehead atoms. The Balaban J connectivity index is 2.68. The molecular weight excluding hydrogens is 296 g/mol. The second-order valence-corrected chi connectivity index (χ2v) is 7.19. The molecule has 0 fully saturated rings. The second-order valence-electron chi connectivity index (χ2n) is 5.40. The van der Waals surface area contributed by atoms with Crippen molar-refractivity contribution in [3.05, 3.63) is 64.5 Å². The first-order valence-electron chi connectivity index (χ1n) is 6.87. The van der Waals surface area contributed by atoms with E-state index >= 15 is 0 Å². The van der Waals surface area contributed by atoms with Gasteiger partial charge in [-0.2, -0.15) is 5.26 Å². The number of hydrogen-bond acceptors (Lipinski definition) is 3. The van der Waals surface area contributed by atoms with Gasteiger partial charge in [-0.05, 0) is 57.0 Å². The van der Waals surface area contributed by atoms with Crippen LogP contribution in [0.15, 0.2) is 63.9 Å². The van der Waals surface area contributed by atoms with Crippen molar-refractivity contribution in [1.82, 2.24) is 4.31 Å². The minimum Gasteiger partial charge on any atom is -0.228 e. The van der Waals surface area contributed by atoms with Crippen molar-refractivity contribution in [1.29, 1.82) is 5.26 Å². The summed E-state index contributed by atoms with van der Waals surface area (Å²) >= 11 is 0. The molecule has 0 aromatic heterocycles. The quantitative estimate of drug-likeness (QED) is 0.837. The Hall–Kier alpha value is -2.32. The Kier molecular flexibility index (Phi) is 4.25. The Morgan fingerprint density at radius 1 is 1.00 bits per heavy atom. The molecule has 1 aromatic rings. The van der Waals surface area contributed by atoms with Crippen molar-refractivity contribution >= 4 is 10.0 Å². The van der Waals surface area contributed by atoms with E-state index in [0.29, 0.717) is 11.3 Å². The third kappa shape index (κ3) is 2.83. The Bertz CT molecular complexity index is 836. The molecule has 4 nitrogen and oxygen atoms in total. The van der Waals surface area contributed by atoms with Crippen LogP contribution >= 0.6 is 0 Å². The van der Waals surface area contributed by atoms with Crippen LogP contribution in [0.2, 0.25) is 0 Å². The first-order valence-corrected chi connectivity index (χ1v) is 8.31. The number of nitriles is 1. The highest BCUT2D eigenvalue weighted by molar-refractivity contribution is 7.89. The van der Waals surface area contributed by atoms with Crippen molar-refractivity contribution in [2.24, 2.45) is 0 Å². The van der Waals surface area contributed by atoms with Crippen molar-refractivity contribution in [2.75, 3.05) is 0 Å². The van der Waals surface area contributed by atoms with Crippen LogP contribution in [-0.2, 0) is 10.0 Å². The van der Waals surface area contributed by atoms with Gasteiger partial charge in [0.2, 0.25) is 0 Å². The van der Waals surface area contributed by atoms with E-state index in [-0.39, 0.29) is 10.6 Å². The van der Waals surface area contributed by atoms with Crippen LogP contribution in [0, 0.1) is 18.3 Å². The van der Waals surface area contributed by atoms with Gasteiger partial charge in [-0.1, -0.05) is 23.8 Å². The van der Waals surface area contributed by atoms with Crippen molar-refractivity contribution in [2.45, 2.75) is 32.6 Å². The van der Waals surface area contributed by atoms with E-state index in [2.05, 4.69) is 0 Å². The normalized spacial score (nSPS) is 15.9. The fourth-order valence-electron chi connectivity index (χ4n) is 2.44. The van der Waals surface area contributed by atoms with Gasteiger partial charge in [0.15, 0.2) is 0 Å². The van der Waals surface area contributed by atoms with Crippen LogP contribution in [0.4, 0.5) is 0 Å². The number of allylic oxidation sites excluding steroid dienone is 6. The van der Waals surface area contributed by atoms with E-state index in [4.69, 9.17) is 0 Å². The maximum atomic E-state index is 13.0. The molecule has 114 valence electrons. The molecule has 5 heteroatoms. The average Bonchev–Trinajstić information content (AvgIpc) is 2.54. The van der Waals surface area contributed by atoms with Gasteiger partial charge in [-0.25, -0.2) is 12.7 Å². The maximum Gasteiger partial charge on any atom is 0.268 e. The molecule has 0 atom stereocenters. The summed E-state index contributed by atoms with van der Waals surface area (Å²) in [6.45, 7) is 7.21. The first-order chi connectivity index (χ1) is 10.3. The van der Waals surface area contributed by atoms with Gasteiger partial charge in [0.25, 0.3) is 10.0 Å². The number of sulfonamides is 1. The van der Waals surface area contributed by atoms with Crippen LogP contribution in [0.3, 0.4) is 0 Å². The zero-order chi connectivity index (χ0) is 16.5. The molecule has 0 unspecified atom stereocenters. The van der Waals surface area contributed by atoms with Gasteiger partial charge >= 0.3 is 0 Å². The summed E-state index contributed by atoms with van der Waals surface area (Å²) in [7, 11) is -3.82. The van der Waals surface area contributed by atoms with Gasteiger partial charge in [-0.15, -0.1) is 0 Å². The van der Waals surface area contributed by atoms with E-state index < -0.39 is 10.0 Å².